The molecular weight excluding hydrogens is 258 g/mol. The Morgan fingerprint density at radius 3 is 2.45 bits per heavy atom. The Kier molecular flexibility index (Phi) is 3.89. The zero-order valence-corrected chi connectivity index (χ0v) is 11.5. The van der Waals surface area contributed by atoms with Crippen LogP contribution in [0.1, 0.15) is 16.1 Å². The highest BCUT2D eigenvalue weighted by atomic mass is 16.5. The number of methoxy groups -OCH3 is 2. The summed E-state index contributed by atoms with van der Waals surface area (Å²) in [6, 6.07) is 8.59. The fourth-order valence-corrected chi connectivity index (χ4v) is 1.95. The lowest BCUT2D eigenvalue weighted by Crippen LogP contribution is -2.02. The number of benzene rings is 1. The molecule has 0 aliphatic rings. The minimum atomic E-state index is -0.987. The van der Waals surface area contributed by atoms with E-state index in [2.05, 4.69) is 4.98 Å². The van der Waals surface area contributed by atoms with E-state index in [4.69, 9.17) is 14.6 Å². The molecule has 0 saturated carbocycles. The van der Waals surface area contributed by atoms with Gasteiger partial charge >= 0.3 is 5.97 Å². The molecular formula is C15H15NO4. The number of carboxylic acid groups (broad SMARTS) is 1. The monoisotopic (exact) mass is 273 g/mol. The highest BCUT2D eigenvalue weighted by Crippen LogP contribution is 2.32. The van der Waals surface area contributed by atoms with Gasteiger partial charge in [-0.3, -0.25) is 4.98 Å². The zero-order valence-electron chi connectivity index (χ0n) is 11.5. The number of carbonyl (C=O) groups is 1. The summed E-state index contributed by atoms with van der Waals surface area (Å²) in [5.74, 6) is 0.350. The smallest absolute Gasteiger partial charge is 0.337 e. The van der Waals surface area contributed by atoms with Gasteiger partial charge < -0.3 is 14.6 Å². The maximum Gasteiger partial charge on any atom is 0.337 e. The molecule has 0 spiro atoms. The van der Waals surface area contributed by atoms with E-state index >= 15 is 0 Å². The highest BCUT2D eigenvalue weighted by molar-refractivity contribution is 5.89. The average molecular weight is 273 g/mol. The molecule has 104 valence electrons. The number of pyridine rings is 1. The Labute approximate surface area is 116 Å². The molecule has 0 radical (unpaired) electrons. The van der Waals surface area contributed by atoms with Crippen molar-refractivity contribution in [2.45, 2.75) is 6.92 Å². The van der Waals surface area contributed by atoms with Crippen LogP contribution in [0.4, 0.5) is 0 Å². The Hall–Kier alpha value is -2.56. The quantitative estimate of drug-likeness (QED) is 0.927. The fourth-order valence-electron chi connectivity index (χ4n) is 1.95. The molecule has 0 amide bonds. The maximum atomic E-state index is 11.0. The first-order valence-corrected chi connectivity index (χ1v) is 6.00. The average Bonchev–Trinajstić information content (AvgIpc) is 2.46. The van der Waals surface area contributed by atoms with Gasteiger partial charge in [0.05, 0.1) is 31.2 Å². The number of aromatic carboxylic acids is 1. The van der Waals surface area contributed by atoms with Crippen molar-refractivity contribution < 1.29 is 19.4 Å². The molecule has 0 unspecified atom stereocenters. The van der Waals surface area contributed by atoms with Crippen molar-refractivity contribution >= 4 is 5.97 Å². The van der Waals surface area contributed by atoms with E-state index in [1.807, 2.05) is 0 Å². The van der Waals surface area contributed by atoms with Crippen LogP contribution in [0.25, 0.3) is 11.3 Å². The van der Waals surface area contributed by atoms with Crippen LogP contribution in [-0.2, 0) is 0 Å². The number of aryl methyl sites for hydroxylation is 1. The molecule has 1 aromatic heterocycles. The van der Waals surface area contributed by atoms with E-state index in [1.54, 1.807) is 51.5 Å². The van der Waals surface area contributed by atoms with E-state index in [1.165, 1.54) is 0 Å². The Morgan fingerprint density at radius 2 is 1.90 bits per heavy atom. The minimum Gasteiger partial charge on any atom is -0.497 e. The van der Waals surface area contributed by atoms with Crippen LogP contribution in [0.2, 0.25) is 0 Å². The van der Waals surface area contributed by atoms with Crippen molar-refractivity contribution in [3.63, 3.8) is 0 Å². The second-order valence-corrected chi connectivity index (χ2v) is 4.20. The Bertz CT molecular complexity index is 652. The normalized spacial score (nSPS) is 10.2. The standard InChI is InChI=1S/C15H15NO4/c1-9-11(15(17)18)5-6-13(16-9)12-8-10(19-2)4-7-14(12)20-3/h4-8H,1-3H3,(H,17,18). The minimum absolute atomic E-state index is 0.190. The summed E-state index contributed by atoms with van der Waals surface area (Å²) < 4.78 is 10.5. The van der Waals surface area contributed by atoms with E-state index in [0.29, 0.717) is 22.9 Å². The summed E-state index contributed by atoms with van der Waals surface area (Å²) in [7, 11) is 3.15. The first-order chi connectivity index (χ1) is 9.56. The molecule has 1 heterocycles. The summed E-state index contributed by atoms with van der Waals surface area (Å²) >= 11 is 0. The number of aromatic nitrogens is 1. The van der Waals surface area contributed by atoms with Crippen LogP contribution in [0, 0.1) is 6.92 Å². The molecule has 0 fully saturated rings. The van der Waals surface area contributed by atoms with E-state index in [-0.39, 0.29) is 5.56 Å². The van der Waals surface area contributed by atoms with E-state index in [0.717, 1.165) is 5.56 Å². The molecule has 0 saturated heterocycles. The van der Waals surface area contributed by atoms with Gasteiger partial charge in [0, 0.05) is 5.56 Å². The molecule has 0 aliphatic carbocycles. The van der Waals surface area contributed by atoms with Gasteiger partial charge in [0.15, 0.2) is 0 Å². The van der Waals surface area contributed by atoms with E-state index in [9.17, 15) is 4.79 Å². The van der Waals surface area contributed by atoms with Crippen molar-refractivity contribution in [2.75, 3.05) is 14.2 Å². The predicted octanol–water partition coefficient (Wildman–Crippen LogP) is 2.77. The third kappa shape index (κ3) is 2.56. The number of ether oxygens (including phenoxy) is 2. The van der Waals surface area contributed by atoms with Crippen molar-refractivity contribution in [3.8, 4) is 22.8 Å². The molecule has 1 N–H and O–H groups in total. The van der Waals surface area contributed by atoms with Gasteiger partial charge in [-0.2, -0.15) is 0 Å². The lowest BCUT2D eigenvalue weighted by molar-refractivity contribution is 0.0695. The second kappa shape index (κ2) is 5.61. The number of hydrogen-bond acceptors (Lipinski definition) is 4. The molecule has 5 heteroatoms. The lowest BCUT2D eigenvalue weighted by atomic mass is 10.1. The summed E-state index contributed by atoms with van der Waals surface area (Å²) in [6.45, 7) is 1.67. The van der Waals surface area contributed by atoms with Gasteiger partial charge in [-0.15, -0.1) is 0 Å². The van der Waals surface area contributed by atoms with E-state index < -0.39 is 5.97 Å². The van der Waals surface area contributed by atoms with Crippen molar-refractivity contribution in [1.82, 2.24) is 4.98 Å². The third-order valence-corrected chi connectivity index (χ3v) is 3.00. The van der Waals surface area contributed by atoms with Crippen LogP contribution in [0.5, 0.6) is 11.5 Å². The van der Waals surface area contributed by atoms with Gasteiger partial charge in [0.1, 0.15) is 11.5 Å². The lowest BCUT2D eigenvalue weighted by Gasteiger charge is -2.11. The molecule has 0 atom stereocenters. The number of nitrogens with zero attached hydrogens (tertiary/aromatic N) is 1. The van der Waals surface area contributed by atoms with Crippen LogP contribution >= 0.6 is 0 Å². The zero-order chi connectivity index (χ0) is 14.7. The van der Waals surface area contributed by atoms with Gasteiger partial charge in [0.25, 0.3) is 0 Å². The molecule has 1 aromatic carbocycles. The largest absolute Gasteiger partial charge is 0.497 e. The van der Waals surface area contributed by atoms with Gasteiger partial charge in [0.2, 0.25) is 0 Å². The molecule has 2 aromatic rings. The van der Waals surface area contributed by atoms with Gasteiger partial charge in [-0.1, -0.05) is 0 Å². The number of hydrogen-bond donors (Lipinski definition) is 1. The first-order valence-electron chi connectivity index (χ1n) is 6.00. The van der Waals surface area contributed by atoms with Crippen molar-refractivity contribution in [1.29, 1.82) is 0 Å². The Balaban J connectivity index is 2.55. The maximum absolute atomic E-state index is 11.0. The second-order valence-electron chi connectivity index (χ2n) is 4.20. The topological polar surface area (TPSA) is 68.7 Å². The fraction of sp³-hybridized carbons (Fsp3) is 0.200. The molecule has 0 aliphatic heterocycles. The van der Waals surface area contributed by atoms with Crippen molar-refractivity contribution in [3.05, 3.63) is 41.6 Å². The summed E-state index contributed by atoms with van der Waals surface area (Å²) in [5, 5.41) is 9.03. The molecule has 0 bridgehead atoms. The van der Waals surface area contributed by atoms with Gasteiger partial charge in [-0.05, 0) is 37.3 Å². The van der Waals surface area contributed by atoms with Gasteiger partial charge in [-0.25, -0.2) is 4.79 Å². The first kappa shape index (κ1) is 13.9. The summed E-state index contributed by atoms with van der Waals surface area (Å²) in [6.07, 6.45) is 0. The summed E-state index contributed by atoms with van der Waals surface area (Å²) in [4.78, 5) is 15.3. The molecule has 2 rings (SSSR count). The molecule has 20 heavy (non-hydrogen) atoms. The van der Waals surface area contributed by atoms with Crippen LogP contribution in [0.3, 0.4) is 0 Å². The van der Waals surface area contributed by atoms with Crippen LogP contribution in [-0.4, -0.2) is 30.3 Å². The van der Waals surface area contributed by atoms with Crippen LogP contribution in [0.15, 0.2) is 30.3 Å². The van der Waals surface area contributed by atoms with Crippen molar-refractivity contribution in [2.24, 2.45) is 0 Å². The van der Waals surface area contributed by atoms with Crippen LogP contribution < -0.4 is 9.47 Å². The molecule has 5 nitrogen and oxygen atoms in total. The number of carboxylic acids is 1. The predicted molar refractivity (Wildman–Crippen MR) is 74.5 cm³/mol. The Morgan fingerprint density at radius 1 is 1.15 bits per heavy atom. The number of rotatable bonds is 4. The SMILES string of the molecule is COc1ccc(OC)c(-c2ccc(C(=O)O)c(C)n2)c1. The highest BCUT2D eigenvalue weighted by Gasteiger charge is 2.13. The summed E-state index contributed by atoms with van der Waals surface area (Å²) in [5.41, 5.74) is 2.05. The third-order valence-electron chi connectivity index (χ3n) is 3.00.